The van der Waals surface area contributed by atoms with Gasteiger partial charge in [-0.3, -0.25) is 19.3 Å². The van der Waals surface area contributed by atoms with Gasteiger partial charge in [0.25, 0.3) is 11.8 Å². The number of benzene rings is 2. The number of hydrogen-bond donors (Lipinski definition) is 0. The molecule has 3 saturated heterocycles. The van der Waals surface area contributed by atoms with Crippen molar-refractivity contribution in [3.8, 4) is 0 Å². The van der Waals surface area contributed by atoms with E-state index in [1.54, 1.807) is 14.7 Å². The van der Waals surface area contributed by atoms with Crippen molar-refractivity contribution in [2.24, 2.45) is 0 Å². The molecule has 0 aromatic heterocycles. The lowest BCUT2D eigenvalue weighted by molar-refractivity contribution is -0.141. The van der Waals surface area contributed by atoms with Crippen LogP contribution in [0.1, 0.15) is 46.0 Å². The molecule has 0 bridgehead atoms. The number of amides is 3. The van der Waals surface area contributed by atoms with Gasteiger partial charge in [0.2, 0.25) is 5.91 Å². The van der Waals surface area contributed by atoms with Gasteiger partial charge in [0.05, 0.1) is 19.8 Å². The summed E-state index contributed by atoms with van der Waals surface area (Å²) >= 11 is 0. The van der Waals surface area contributed by atoms with Crippen molar-refractivity contribution in [1.29, 1.82) is 0 Å². The first kappa shape index (κ1) is 25.4. The quantitative estimate of drug-likeness (QED) is 0.634. The molecule has 196 valence electrons. The number of carbonyl (C=O) groups excluding carboxylic acids is 3. The molecule has 3 aliphatic rings. The van der Waals surface area contributed by atoms with Crippen LogP contribution < -0.4 is 0 Å². The molecule has 9 heteroatoms. The van der Waals surface area contributed by atoms with E-state index in [0.717, 1.165) is 6.42 Å². The van der Waals surface area contributed by atoms with Crippen molar-refractivity contribution in [2.75, 3.05) is 46.0 Å². The predicted molar refractivity (Wildman–Crippen MR) is 133 cm³/mol. The topological polar surface area (TPSA) is 79.4 Å². The molecule has 1 atom stereocenters. The van der Waals surface area contributed by atoms with Gasteiger partial charge in [-0.15, -0.1) is 0 Å². The molecule has 0 N–H and O–H groups in total. The lowest BCUT2D eigenvalue weighted by Gasteiger charge is -2.45. The minimum absolute atomic E-state index is 0.0622. The fourth-order valence-electron chi connectivity index (χ4n) is 5.41. The van der Waals surface area contributed by atoms with Crippen LogP contribution in [-0.4, -0.2) is 90.2 Å². The van der Waals surface area contributed by atoms with Crippen LogP contribution in [0.3, 0.4) is 0 Å². The molecule has 3 heterocycles. The van der Waals surface area contributed by atoms with Gasteiger partial charge in [-0.1, -0.05) is 19.1 Å². The molecule has 1 unspecified atom stereocenters. The summed E-state index contributed by atoms with van der Waals surface area (Å²) in [6.07, 6.45) is 1.66. The summed E-state index contributed by atoms with van der Waals surface area (Å²) in [6, 6.07) is 12.2. The Kier molecular flexibility index (Phi) is 7.26. The normalized spacial score (nSPS) is 21.4. The summed E-state index contributed by atoms with van der Waals surface area (Å²) in [5.41, 5.74) is 1.07. The Labute approximate surface area is 215 Å². The Bertz CT molecular complexity index is 1140. The van der Waals surface area contributed by atoms with E-state index in [0.29, 0.717) is 63.4 Å². The van der Waals surface area contributed by atoms with Crippen LogP contribution in [0, 0.1) is 5.82 Å². The van der Waals surface area contributed by atoms with E-state index in [4.69, 9.17) is 9.47 Å². The van der Waals surface area contributed by atoms with Gasteiger partial charge in [-0.05, 0) is 48.4 Å². The van der Waals surface area contributed by atoms with Gasteiger partial charge in [0.1, 0.15) is 17.6 Å². The van der Waals surface area contributed by atoms with E-state index in [1.165, 1.54) is 29.8 Å². The maximum atomic E-state index is 13.8. The highest BCUT2D eigenvalue weighted by molar-refractivity contribution is 5.98. The van der Waals surface area contributed by atoms with Crippen molar-refractivity contribution in [2.45, 2.75) is 38.0 Å². The van der Waals surface area contributed by atoms with E-state index in [9.17, 15) is 18.8 Å². The third kappa shape index (κ3) is 4.98. The van der Waals surface area contributed by atoms with Gasteiger partial charge in [0.15, 0.2) is 0 Å². The van der Waals surface area contributed by atoms with E-state index in [1.807, 2.05) is 24.3 Å². The summed E-state index contributed by atoms with van der Waals surface area (Å²) in [5.74, 6) is -1.05. The first-order chi connectivity index (χ1) is 17.9. The van der Waals surface area contributed by atoms with Crippen molar-refractivity contribution < 1.29 is 28.2 Å². The molecule has 0 saturated carbocycles. The minimum atomic E-state index is -1.01. The molecule has 5 rings (SSSR count). The SMILES string of the molecule is CCc1ccc(C(=O)N2CCC3(CC2)OCC(C(=O)N2CCOCC2)N3C(=O)c2ccc(F)cc2)cc1. The van der Waals surface area contributed by atoms with E-state index < -0.39 is 17.6 Å². The Balaban J connectivity index is 1.37. The molecule has 1 spiro atoms. The molecule has 37 heavy (non-hydrogen) atoms. The van der Waals surface area contributed by atoms with E-state index in [-0.39, 0.29) is 24.3 Å². The zero-order valence-electron chi connectivity index (χ0n) is 21.0. The van der Waals surface area contributed by atoms with Crippen LogP contribution >= 0.6 is 0 Å². The number of likely N-dealkylation sites (tertiary alicyclic amines) is 1. The number of morpholine rings is 1. The molecule has 3 fully saturated rings. The van der Waals surface area contributed by atoms with Crippen LogP contribution in [-0.2, 0) is 20.7 Å². The Hall–Kier alpha value is -3.30. The van der Waals surface area contributed by atoms with Crippen LogP contribution in [0.2, 0.25) is 0 Å². The number of halogens is 1. The smallest absolute Gasteiger partial charge is 0.256 e. The Morgan fingerprint density at radius 3 is 2.08 bits per heavy atom. The summed E-state index contributed by atoms with van der Waals surface area (Å²) in [4.78, 5) is 45.5. The third-order valence-electron chi connectivity index (χ3n) is 7.62. The zero-order chi connectivity index (χ0) is 26.0. The van der Waals surface area contributed by atoms with Gasteiger partial charge < -0.3 is 19.3 Å². The van der Waals surface area contributed by atoms with Gasteiger partial charge in [0, 0.05) is 50.1 Å². The second-order valence-corrected chi connectivity index (χ2v) is 9.74. The van der Waals surface area contributed by atoms with Gasteiger partial charge in [-0.2, -0.15) is 0 Å². The standard InChI is InChI=1S/C28H32FN3O5/c1-2-20-3-5-21(6-4-20)25(33)30-13-11-28(12-14-30)32(26(34)22-7-9-23(29)10-8-22)24(19-37-28)27(35)31-15-17-36-18-16-31/h3-10,24H,2,11-19H2,1H3. The molecular formula is C28H32FN3O5. The highest BCUT2D eigenvalue weighted by Crippen LogP contribution is 2.39. The minimum Gasteiger partial charge on any atom is -0.378 e. The zero-order valence-corrected chi connectivity index (χ0v) is 21.0. The number of ether oxygens (including phenoxy) is 2. The maximum absolute atomic E-state index is 13.8. The summed E-state index contributed by atoms with van der Waals surface area (Å²) in [6.45, 7) is 4.74. The Morgan fingerprint density at radius 2 is 1.46 bits per heavy atom. The number of rotatable bonds is 4. The lowest BCUT2D eigenvalue weighted by atomic mass is 9.95. The van der Waals surface area contributed by atoms with E-state index in [2.05, 4.69) is 6.92 Å². The Morgan fingerprint density at radius 1 is 0.865 bits per heavy atom. The number of aryl methyl sites for hydroxylation is 1. The first-order valence-corrected chi connectivity index (χ1v) is 12.9. The third-order valence-corrected chi connectivity index (χ3v) is 7.62. The average molecular weight is 510 g/mol. The van der Waals surface area contributed by atoms with Gasteiger partial charge in [-0.25, -0.2) is 4.39 Å². The second-order valence-electron chi connectivity index (χ2n) is 9.74. The first-order valence-electron chi connectivity index (χ1n) is 12.9. The van der Waals surface area contributed by atoms with Crippen molar-refractivity contribution in [1.82, 2.24) is 14.7 Å². The number of carbonyl (C=O) groups is 3. The van der Waals surface area contributed by atoms with Crippen LogP contribution in [0.5, 0.6) is 0 Å². The molecule has 2 aromatic rings. The van der Waals surface area contributed by atoms with Crippen LogP contribution in [0.4, 0.5) is 4.39 Å². The summed E-state index contributed by atoms with van der Waals surface area (Å²) < 4.78 is 25.2. The molecule has 3 amide bonds. The monoisotopic (exact) mass is 509 g/mol. The number of piperidine rings is 1. The number of nitrogens with zero attached hydrogens (tertiary/aromatic N) is 3. The van der Waals surface area contributed by atoms with Crippen molar-refractivity contribution >= 4 is 17.7 Å². The van der Waals surface area contributed by atoms with Crippen LogP contribution in [0.15, 0.2) is 48.5 Å². The average Bonchev–Trinajstić information content (AvgIpc) is 3.31. The fourth-order valence-corrected chi connectivity index (χ4v) is 5.41. The summed E-state index contributed by atoms with van der Waals surface area (Å²) in [5, 5.41) is 0. The molecule has 8 nitrogen and oxygen atoms in total. The molecule has 3 aliphatic heterocycles. The number of hydrogen-bond acceptors (Lipinski definition) is 5. The van der Waals surface area contributed by atoms with Gasteiger partial charge >= 0.3 is 0 Å². The maximum Gasteiger partial charge on any atom is 0.256 e. The van der Waals surface area contributed by atoms with Crippen LogP contribution in [0.25, 0.3) is 0 Å². The predicted octanol–water partition coefficient (Wildman–Crippen LogP) is 2.72. The largest absolute Gasteiger partial charge is 0.378 e. The highest BCUT2D eigenvalue weighted by atomic mass is 19.1. The highest BCUT2D eigenvalue weighted by Gasteiger charge is 2.55. The molecular weight excluding hydrogens is 477 g/mol. The van der Waals surface area contributed by atoms with Crippen molar-refractivity contribution in [3.63, 3.8) is 0 Å². The molecule has 0 aliphatic carbocycles. The fraction of sp³-hybridized carbons (Fsp3) is 0.464. The molecule has 2 aromatic carbocycles. The molecule has 0 radical (unpaired) electrons. The van der Waals surface area contributed by atoms with Crippen molar-refractivity contribution in [3.05, 3.63) is 71.0 Å². The lowest BCUT2D eigenvalue weighted by Crippen LogP contribution is -2.60. The summed E-state index contributed by atoms with van der Waals surface area (Å²) in [7, 11) is 0. The second kappa shape index (κ2) is 10.6. The van der Waals surface area contributed by atoms with E-state index >= 15 is 0 Å².